The SMILES string of the molecule is c1c[nH]c2c(c1)oc1ccc3ccc4ccnc4c3c12. The summed E-state index contributed by atoms with van der Waals surface area (Å²) in [5.74, 6) is 0. The van der Waals surface area contributed by atoms with Crippen molar-refractivity contribution < 1.29 is 4.42 Å². The third-order valence-corrected chi connectivity index (χ3v) is 3.90. The molecule has 0 aliphatic carbocycles. The maximum Gasteiger partial charge on any atom is 0.151 e. The summed E-state index contributed by atoms with van der Waals surface area (Å²) in [5, 5.41) is 4.62. The first-order valence-electron chi connectivity index (χ1n) is 6.58. The fourth-order valence-electron chi connectivity index (χ4n) is 3.02. The van der Waals surface area contributed by atoms with Gasteiger partial charge in [0.2, 0.25) is 0 Å². The largest absolute Gasteiger partial charge is 0.454 e. The van der Waals surface area contributed by atoms with Crippen molar-refractivity contribution in [1.29, 1.82) is 0 Å². The van der Waals surface area contributed by atoms with Crippen molar-refractivity contribution in [2.45, 2.75) is 0 Å². The number of pyridine rings is 1. The average Bonchev–Trinajstić information content (AvgIpc) is 3.10. The number of aromatic amines is 1. The van der Waals surface area contributed by atoms with Crippen molar-refractivity contribution in [1.82, 2.24) is 9.97 Å². The van der Waals surface area contributed by atoms with Crippen LogP contribution in [0.25, 0.3) is 43.7 Å². The van der Waals surface area contributed by atoms with Gasteiger partial charge in [0.25, 0.3) is 0 Å². The van der Waals surface area contributed by atoms with Crippen molar-refractivity contribution in [2.24, 2.45) is 0 Å². The lowest BCUT2D eigenvalue weighted by Gasteiger charge is -2.01. The molecular weight excluding hydrogens is 248 g/mol. The average molecular weight is 258 g/mol. The molecule has 0 aliphatic heterocycles. The zero-order chi connectivity index (χ0) is 13.1. The van der Waals surface area contributed by atoms with E-state index in [1.54, 1.807) is 0 Å². The maximum absolute atomic E-state index is 5.93. The molecule has 20 heavy (non-hydrogen) atoms. The predicted molar refractivity (Wildman–Crippen MR) is 80.9 cm³/mol. The van der Waals surface area contributed by atoms with E-state index in [9.17, 15) is 0 Å². The number of fused-ring (bicyclic) bond motifs is 7. The summed E-state index contributed by atoms with van der Waals surface area (Å²) in [7, 11) is 0. The van der Waals surface area contributed by atoms with E-state index in [0.717, 1.165) is 38.4 Å². The smallest absolute Gasteiger partial charge is 0.151 e. The second kappa shape index (κ2) is 3.39. The predicted octanol–water partition coefficient (Wildman–Crippen LogP) is 4.62. The number of H-pyrrole nitrogens is 1. The van der Waals surface area contributed by atoms with E-state index in [2.05, 4.69) is 28.2 Å². The molecule has 0 aliphatic rings. The van der Waals surface area contributed by atoms with Gasteiger partial charge in [-0.3, -0.25) is 4.98 Å². The van der Waals surface area contributed by atoms with Crippen LogP contribution in [0.5, 0.6) is 0 Å². The lowest BCUT2D eigenvalue weighted by molar-refractivity contribution is 0.668. The van der Waals surface area contributed by atoms with Gasteiger partial charge >= 0.3 is 0 Å². The molecule has 3 nitrogen and oxygen atoms in total. The second-order valence-electron chi connectivity index (χ2n) is 5.00. The van der Waals surface area contributed by atoms with Crippen molar-refractivity contribution in [2.75, 3.05) is 0 Å². The molecule has 2 aromatic carbocycles. The van der Waals surface area contributed by atoms with Gasteiger partial charge in [0, 0.05) is 23.2 Å². The Morgan fingerprint density at radius 1 is 0.850 bits per heavy atom. The van der Waals surface area contributed by atoms with Gasteiger partial charge in [0.05, 0.1) is 16.4 Å². The van der Waals surface area contributed by atoms with Gasteiger partial charge in [0.15, 0.2) is 5.58 Å². The molecule has 1 N–H and O–H groups in total. The summed E-state index contributed by atoms with van der Waals surface area (Å²) in [6, 6.07) is 14.3. The Labute approximate surface area is 113 Å². The van der Waals surface area contributed by atoms with E-state index in [0.29, 0.717) is 0 Å². The number of aromatic nitrogens is 2. The fourth-order valence-corrected chi connectivity index (χ4v) is 3.02. The monoisotopic (exact) mass is 258 g/mol. The highest BCUT2D eigenvalue weighted by molar-refractivity contribution is 6.24. The van der Waals surface area contributed by atoms with Gasteiger partial charge < -0.3 is 9.40 Å². The van der Waals surface area contributed by atoms with Gasteiger partial charge in [-0.1, -0.05) is 18.2 Å². The molecule has 3 heteroatoms. The van der Waals surface area contributed by atoms with Gasteiger partial charge in [0.1, 0.15) is 5.58 Å². The van der Waals surface area contributed by atoms with E-state index >= 15 is 0 Å². The molecule has 0 saturated carbocycles. The molecular formula is C17H10N2O. The number of benzene rings is 2. The van der Waals surface area contributed by atoms with E-state index in [1.165, 1.54) is 5.39 Å². The summed E-state index contributed by atoms with van der Waals surface area (Å²) in [4.78, 5) is 7.83. The standard InChI is InChI=1S/C17H10N2O/c1-2-13-17(18-8-1)15-12(20-13)6-5-10-3-4-11-7-9-19-16(11)14(10)15/h1-9,18H. The minimum Gasteiger partial charge on any atom is -0.454 e. The third kappa shape index (κ3) is 1.12. The number of nitrogens with one attached hydrogen (secondary N) is 1. The van der Waals surface area contributed by atoms with Crippen LogP contribution >= 0.6 is 0 Å². The molecule has 5 aromatic rings. The number of furan rings is 1. The molecule has 94 valence electrons. The number of hydrogen-bond donors (Lipinski definition) is 1. The zero-order valence-electron chi connectivity index (χ0n) is 10.6. The summed E-state index contributed by atoms with van der Waals surface area (Å²) in [5.41, 5.74) is 3.83. The second-order valence-corrected chi connectivity index (χ2v) is 5.00. The lowest BCUT2D eigenvalue weighted by atomic mass is 10.0. The molecule has 0 bridgehead atoms. The highest BCUT2D eigenvalue weighted by atomic mass is 16.3. The lowest BCUT2D eigenvalue weighted by Crippen LogP contribution is -1.79. The van der Waals surface area contributed by atoms with E-state index in [-0.39, 0.29) is 0 Å². The topological polar surface area (TPSA) is 41.8 Å². The molecule has 3 aromatic heterocycles. The van der Waals surface area contributed by atoms with Crippen LogP contribution in [0.15, 0.2) is 59.3 Å². The number of hydrogen-bond acceptors (Lipinski definition) is 2. The van der Waals surface area contributed by atoms with Crippen molar-refractivity contribution in [3.63, 3.8) is 0 Å². The summed E-state index contributed by atoms with van der Waals surface area (Å²) in [6.45, 7) is 0. The van der Waals surface area contributed by atoms with Crippen molar-refractivity contribution >= 4 is 43.7 Å². The Hall–Kier alpha value is -2.81. The molecule has 0 amide bonds. The van der Waals surface area contributed by atoms with Gasteiger partial charge in [-0.25, -0.2) is 0 Å². The molecule has 0 saturated heterocycles. The van der Waals surface area contributed by atoms with Crippen LogP contribution in [0, 0.1) is 0 Å². The number of nitrogens with zero attached hydrogens (tertiary/aromatic N) is 1. The Kier molecular flexibility index (Phi) is 1.70. The van der Waals surface area contributed by atoms with Crippen LogP contribution in [0.1, 0.15) is 0 Å². The quantitative estimate of drug-likeness (QED) is 0.440. The molecule has 0 spiro atoms. The normalized spacial score (nSPS) is 12.0. The molecule has 0 unspecified atom stereocenters. The summed E-state index contributed by atoms with van der Waals surface area (Å²) < 4.78 is 5.93. The summed E-state index contributed by atoms with van der Waals surface area (Å²) in [6.07, 6.45) is 3.78. The number of rotatable bonds is 0. The van der Waals surface area contributed by atoms with Crippen LogP contribution in [0.3, 0.4) is 0 Å². The van der Waals surface area contributed by atoms with E-state index in [1.807, 2.05) is 36.7 Å². The molecule has 0 atom stereocenters. The van der Waals surface area contributed by atoms with Gasteiger partial charge in [-0.15, -0.1) is 0 Å². The van der Waals surface area contributed by atoms with Crippen LogP contribution in [0.4, 0.5) is 0 Å². The third-order valence-electron chi connectivity index (χ3n) is 3.90. The Morgan fingerprint density at radius 2 is 1.75 bits per heavy atom. The first-order valence-corrected chi connectivity index (χ1v) is 6.58. The molecule has 0 fully saturated rings. The first-order chi connectivity index (χ1) is 9.92. The van der Waals surface area contributed by atoms with Crippen LogP contribution < -0.4 is 0 Å². The Morgan fingerprint density at radius 3 is 2.75 bits per heavy atom. The Bertz CT molecular complexity index is 1100. The van der Waals surface area contributed by atoms with Crippen molar-refractivity contribution in [3.8, 4) is 0 Å². The maximum atomic E-state index is 5.93. The highest BCUT2D eigenvalue weighted by Gasteiger charge is 2.13. The molecule has 5 rings (SSSR count). The Balaban J connectivity index is 2.21. The van der Waals surface area contributed by atoms with E-state index < -0.39 is 0 Å². The van der Waals surface area contributed by atoms with Crippen LogP contribution in [-0.2, 0) is 0 Å². The van der Waals surface area contributed by atoms with Crippen LogP contribution in [-0.4, -0.2) is 9.97 Å². The minimum absolute atomic E-state index is 0.874. The molecule has 3 heterocycles. The highest BCUT2D eigenvalue weighted by Crippen LogP contribution is 2.36. The van der Waals surface area contributed by atoms with Crippen molar-refractivity contribution in [3.05, 3.63) is 54.9 Å². The van der Waals surface area contributed by atoms with Gasteiger partial charge in [-0.2, -0.15) is 0 Å². The van der Waals surface area contributed by atoms with E-state index in [4.69, 9.17) is 4.42 Å². The molecule has 0 radical (unpaired) electrons. The van der Waals surface area contributed by atoms with Crippen LogP contribution in [0.2, 0.25) is 0 Å². The first kappa shape index (κ1) is 10.0. The van der Waals surface area contributed by atoms with Gasteiger partial charge in [-0.05, 0) is 29.7 Å². The summed E-state index contributed by atoms with van der Waals surface area (Å²) >= 11 is 0. The zero-order valence-corrected chi connectivity index (χ0v) is 10.6. The minimum atomic E-state index is 0.874. The fraction of sp³-hybridized carbons (Fsp3) is 0.